The first kappa shape index (κ1) is 15.5. The highest BCUT2D eigenvalue weighted by Gasteiger charge is 2.13. The molecule has 0 saturated carbocycles. The molecule has 0 aliphatic carbocycles. The maximum absolute atomic E-state index is 5.99. The van der Waals surface area contributed by atoms with Crippen LogP contribution >= 0.6 is 11.6 Å². The highest BCUT2D eigenvalue weighted by molar-refractivity contribution is 6.30. The van der Waals surface area contributed by atoms with Gasteiger partial charge < -0.3 is 14.8 Å². The summed E-state index contributed by atoms with van der Waals surface area (Å²) in [6.07, 6.45) is 0. The Bertz CT molecular complexity index is 628. The average molecular weight is 306 g/mol. The fourth-order valence-corrected chi connectivity index (χ4v) is 2.50. The van der Waals surface area contributed by atoms with Crippen molar-refractivity contribution in [2.24, 2.45) is 0 Å². The van der Waals surface area contributed by atoms with Crippen molar-refractivity contribution in [3.63, 3.8) is 0 Å². The molecule has 2 aromatic carbocycles. The number of methoxy groups -OCH3 is 2. The normalized spacial score (nSPS) is 11.9. The topological polar surface area (TPSA) is 30.5 Å². The Kier molecular flexibility index (Phi) is 4.97. The van der Waals surface area contributed by atoms with E-state index in [1.165, 1.54) is 0 Å². The van der Waals surface area contributed by atoms with E-state index in [9.17, 15) is 0 Å². The first-order chi connectivity index (χ1) is 10.0. The third-order valence-corrected chi connectivity index (χ3v) is 3.70. The Balaban J connectivity index is 2.25. The standard InChI is InChI=1S/C17H20ClNO2/c1-11-9-13(18)5-8-16(11)19-12(2)15-7-6-14(20-3)10-17(15)21-4/h5-10,12,19H,1-4H3. The molecule has 0 aliphatic rings. The van der Waals surface area contributed by atoms with E-state index in [2.05, 4.69) is 12.2 Å². The average Bonchev–Trinajstić information content (AvgIpc) is 2.49. The van der Waals surface area contributed by atoms with Crippen molar-refractivity contribution in [3.8, 4) is 11.5 Å². The van der Waals surface area contributed by atoms with E-state index in [1.807, 2.05) is 43.3 Å². The summed E-state index contributed by atoms with van der Waals surface area (Å²) in [6, 6.07) is 11.8. The van der Waals surface area contributed by atoms with Crippen LogP contribution in [0.1, 0.15) is 24.1 Å². The van der Waals surface area contributed by atoms with Gasteiger partial charge in [0.1, 0.15) is 11.5 Å². The Hall–Kier alpha value is -1.87. The second-order valence-corrected chi connectivity index (χ2v) is 5.37. The number of hydrogen-bond donors (Lipinski definition) is 1. The number of rotatable bonds is 5. The van der Waals surface area contributed by atoms with Gasteiger partial charge in [0, 0.05) is 22.3 Å². The largest absolute Gasteiger partial charge is 0.497 e. The Morgan fingerprint density at radius 2 is 1.81 bits per heavy atom. The molecule has 0 spiro atoms. The maximum atomic E-state index is 5.99. The predicted octanol–water partition coefficient (Wildman–Crippen LogP) is 4.84. The van der Waals surface area contributed by atoms with Gasteiger partial charge in [-0.25, -0.2) is 0 Å². The third-order valence-electron chi connectivity index (χ3n) is 3.47. The number of halogens is 1. The van der Waals surface area contributed by atoms with Gasteiger partial charge in [-0.2, -0.15) is 0 Å². The summed E-state index contributed by atoms with van der Waals surface area (Å²) >= 11 is 5.99. The minimum Gasteiger partial charge on any atom is -0.497 e. The van der Waals surface area contributed by atoms with Crippen LogP contribution in [0.4, 0.5) is 5.69 Å². The van der Waals surface area contributed by atoms with Crippen LogP contribution in [0, 0.1) is 6.92 Å². The minimum absolute atomic E-state index is 0.103. The quantitative estimate of drug-likeness (QED) is 0.857. The van der Waals surface area contributed by atoms with E-state index >= 15 is 0 Å². The molecule has 3 nitrogen and oxygen atoms in total. The molecule has 0 radical (unpaired) electrons. The van der Waals surface area contributed by atoms with Crippen LogP contribution in [0.5, 0.6) is 11.5 Å². The van der Waals surface area contributed by atoms with Crippen LogP contribution in [0.3, 0.4) is 0 Å². The first-order valence-corrected chi connectivity index (χ1v) is 7.17. The number of anilines is 1. The lowest BCUT2D eigenvalue weighted by atomic mass is 10.1. The van der Waals surface area contributed by atoms with Crippen molar-refractivity contribution >= 4 is 17.3 Å². The van der Waals surface area contributed by atoms with E-state index in [1.54, 1.807) is 14.2 Å². The summed E-state index contributed by atoms with van der Waals surface area (Å²) in [5, 5.41) is 4.23. The smallest absolute Gasteiger partial charge is 0.127 e. The molecule has 0 aromatic heterocycles. The molecule has 1 atom stereocenters. The Labute approximate surface area is 130 Å². The molecule has 0 bridgehead atoms. The van der Waals surface area contributed by atoms with Crippen molar-refractivity contribution in [2.45, 2.75) is 19.9 Å². The van der Waals surface area contributed by atoms with E-state index in [0.717, 1.165) is 33.3 Å². The predicted molar refractivity (Wildman–Crippen MR) is 87.8 cm³/mol. The number of hydrogen-bond acceptors (Lipinski definition) is 3. The number of nitrogens with one attached hydrogen (secondary N) is 1. The lowest BCUT2D eigenvalue weighted by Crippen LogP contribution is -2.09. The number of benzene rings is 2. The van der Waals surface area contributed by atoms with Crippen molar-refractivity contribution in [3.05, 3.63) is 52.5 Å². The van der Waals surface area contributed by atoms with Gasteiger partial charge in [-0.15, -0.1) is 0 Å². The van der Waals surface area contributed by atoms with Gasteiger partial charge in [0.05, 0.1) is 20.3 Å². The summed E-state index contributed by atoms with van der Waals surface area (Å²) < 4.78 is 10.7. The zero-order chi connectivity index (χ0) is 15.4. The molecular weight excluding hydrogens is 286 g/mol. The Morgan fingerprint density at radius 1 is 1.05 bits per heavy atom. The molecule has 0 aliphatic heterocycles. The zero-order valence-electron chi connectivity index (χ0n) is 12.7. The van der Waals surface area contributed by atoms with Crippen LogP contribution in [0.2, 0.25) is 5.02 Å². The summed E-state index contributed by atoms with van der Waals surface area (Å²) in [7, 11) is 3.31. The van der Waals surface area contributed by atoms with Gasteiger partial charge in [0.25, 0.3) is 0 Å². The molecule has 112 valence electrons. The van der Waals surface area contributed by atoms with E-state index in [0.29, 0.717) is 0 Å². The summed E-state index contributed by atoms with van der Waals surface area (Å²) in [6.45, 7) is 4.13. The van der Waals surface area contributed by atoms with Gasteiger partial charge >= 0.3 is 0 Å². The number of aryl methyl sites for hydroxylation is 1. The van der Waals surface area contributed by atoms with Gasteiger partial charge in [0.15, 0.2) is 0 Å². The van der Waals surface area contributed by atoms with Crippen molar-refractivity contribution in [1.82, 2.24) is 0 Å². The second kappa shape index (κ2) is 6.72. The van der Waals surface area contributed by atoms with Gasteiger partial charge in [-0.3, -0.25) is 0 Å². The van der Waals surface area contributed by atoms with E-state index in [4.69, 9.17) is 21.1 Å². The van der Waals surface area contributed by atoms with E-state index < -0.39 is 0 Å². The highest BCUT2D eigenvalue weighted by Crippen LogP contribution is 2.32. The van der Waals surface area contributed by atoms with Crippen LogP contribution in [-0.4, -0.2) is 14.2 Å². The van der Waals surface area contributed by atoms with E-state index in [-0.39, 0.29) is 6.04 Å². The van der Waals surface area contributed by atoms with Gasteiger partial charge in [0.2, 0.25) is 0 Å². The molecular formula is C17H20ClNO2. The molecule has 0 fully saturated rings. The maximum Gasteiger partial charge on any atom is 0.127 e. The number of ether oxygens (including phenoxy) is 2. The molecule has 1 N–H and O–H groups in total. The lowest BCUT2D eigenvalue weighted by molar-refractivity contribution is 0.390. The Morgan fingerprint density at radius 3 is 2.43 bits per heavy atom. The third kappa shape index (κ3) is 3.61. The van der Waals surface area contributed by atoms with Crippen molar-refractivity contribution in [2.75, 3.05) is 19.5 Å². The fraction of sp³-hybridized carbons (Fsp3) is 0.294. The molecule has 4 heteroatoms. The minimum atomic E-state index is 0.103. The zero-order valence-corrected chi connectivity index (χ0v) is 13.5. The van der Waals surface area contributed by atoms with Crippen LogP contribution < -0.4 is 14.8 Å². The van der Waals surface area contributed by atoms with Crippen LogP contribution in [-0.2, 0) is 0 Å². The summed E-state index contributed by atoms with van der Waals surface area (Å²) in [5.74, 6) is 1.59. The molecule has 2 rings (SSSR count). The van der Waals surface area contributed by atoms with Gasteiger partial charge in [-0.05, 0) is 49.7 Å². The van der Waals surface area contributed by atoms with Gasteiger partial charge in [-0.1, -0.05) is 11.6 Å². The second-order valence-electron chi connectivity index (χ2n) is 4.93. The van der Waals surface area contributed by atoms with Crippen molar-refractivity contribution < 1.29 is 9.47 Å². The molecule has 2 aromatic rings. The molecule has 21 heavy (non-hydrogen) atoms. The monoisotopic (exact) mass is 305 g/mol. The van der Waals surface area contributed by atoms with Crippen LogP contribution in [0.15, 0.2) is 36.4 Å². The summed E-state index contributed by atoms with van der Waals surface area (Å²) in [4.78, 5) is 0. The summed E-state index contributed by atoms with van der Waals surface area (Å²) in [5.41, 5.74) is 3.25. The fourth-order valence-electron chi connectivity index (χ4n) is 2.28. The molecule has 0 amide bonds. The van der Waals surface area contributed by atoms with Crippen molar-refractivity contribution in [1.29, 1.82) is 0 Å². The SMILES string of the molecule is COc1ccc(C(C)Nc2ccc(Cl)cc2C)c(OC)c1. The lowest BCUT2D eigenvalue weighted by Gasteiger charge is -2.20. The molecule has 0 saturated heterocycles. The molecule has 1 unspecified atom stereocenters. The van der Waals surface area contributed by atoms with Crippen LogP contribution in [0.25, 0.3) is 0 Å². The molecule has 0 heterocycles. The highest BCUT2D eigenvalue weighted by atomic mass is 35.5. The first-order valence-electron chi connectivity index (χ1n) is 6.79.